The van der Waals surface area contributed by atoms with E-state index in [-0.39, 0.29) is 5.92 Å². The first kappa shape index (κ1) is 11.5. The van der Waals surface area contributed by atoms with Crippen LogP contribution in [0.3, 0.4) is 0 Å². The molecule has 0 aliphatic heterocycles. The maximum Gasteiger partial charge on any atom is 0.151 e. The van der Waals surface area contributed by atoms with Crippen molar-refractivity contribution in [1.29, 1.82) is 0 Å². The van der Waals surface area contributed by atoms with Crippen LogP contribution in [0.1, 0.15) is 25.6 Å². The number of nitrogen functional groups attached to an aromatic ring is 1. The molecule has 0 unspecified atom stereocenters. The molecule has 0 aliphatic rings. The van der Waals surface area contributed by atoms with Gasteiger partial charge in [-0.25, -0.2) is 15.8 Å². The van der Waals surface area contributed by atoms with Gasteiger partial charge in [0.2, 0.25) is 0 Å². The third-order valence-corrected chi connectivity index (χ3v) is 3.00. The van der Waals surface area contributed by atoms with Crippen molar-refractivity contribution in [1.82, 2.24) is 9.97 Å². The molecule has 0 fully saturated rings. The van der Waals surface area contributed by atoms with Crippen molar-refractivity contribution in [2.24, 2.45) is 5.84 Å². The highest BCUT2D eigenvalue weighted by Gasteiger charge is 2.09. The van der Waals surface area contributed by atoms with E-state index in [1.807, 2.05) is 18.2 Å². The Bertz CT molecular complexity index is 525. The van der Waals surface area contributed by atoms with Gasteiger partial charge in [0.1, 0.15) is 5.82 Å². The number of rotatable bonds is 2. The molecule has 84 valence electrons. The number of nitrogens with zero attached hydrogens (tertiary/aromatic N) is 2. The van der Waals surface area contributed by atoms with E-state index in [1.165, 1.54) is 0 Å². The number of fused-ring (bicyclic) bond motifs is 1. The Labute approximate surface area is 108 Å². The molecule has 16 heavy (non-hydrogen) atoms. The lowest BCUT2D eigenvalue weighted by Gasteiger charge is -2.10. The minimum Gasteiger partial charge on any atom is -0.308 e. The molecule has 5 heteroatoms. The topological polar surface area (TPSA) is 63.8 Å². The van der Waals surface area contributed by atoms with Crippen LogP contribution in [-0.4, -0.2) is 9.97 Å². The Kier molecular flexibility index (Phi) is 3.25. The van der Waals surface area contributed by atoms with Gasteiger partial charge in [-0.3, -0.25) is 0 Å². The zero-order valence-corrected chi connectivity index (χ0v) is 11.3. The average Bonchev–Trinajstić information content (AvgIpc) is 2.27. The van der Waals surface area contributed by atoms with Crippen molar-refractivity contribution in [2.75, 3.05) is 5.43 Å². The normalized spacial score (nSPS) is 11.1. The highest BCUT2D eigenvalue weighted by Crippen LogP contribution is 2.24. The molecule has 1 heterocycles. The average molecular weight is 328 g/mol. The monoisotopic (exact) mass is 328 g/mol. The summed E-state index contributed by atoms with van der Waals surface area (Å²) in [7, 11) is 0. The second-order valence-corrected chi connectivity index (χ2v) is 5.14. The van der Waals surface area contributed by atoms with E-state index < -0.39 is 0 Å². The van der Waals surface area contributed by atoms with Crippen molar-refractivity contribution in [3.05, 3.63) is 27.6 Å². The highest BCUT2D eigenvalue weighted by molar-refractivity contribution is 14.1. The molecule has 1 aromatic carbocycles. The molecule has 2 rings (SSSR count). The molecule has 0 aliphatic carbocycles. The molecule has 0 amide bonds. The summed E-state index contributed by atoms with van der Waals surface area (Å²) >= 11 is 2.26. The fourth-order valence-corrected chi connectivity index (χ4v) is 1.98. The summed E-state index contributed by atoms with van der Waals surface area (Å²) in [4.78, 5) is 8.92. The van der Waals surface area contributed by atoms with Gasteiger partial charge in [0.25, 0.3) is 0 Å². The zero-order valence-electron chi connectivity index (χ0n) is 9.16. The number of nitrogens with two attached hydrogens (primary N) is 1. The van der Waals surface area contributed by atoms with Gasteiger partial charge in [-0.15, -0.1) is 0 Å². The first-order chi connectivity index (χ1) is 7.61. The standard InChI is InChI=1S/C11H13IN4/c1-6(2)10-14-9-4-3-7(12)5-8(9)11(15-10)16-13/h3-6H,13H2,1-2H3,(H,14,15,16). The minimum atomic E-state index is 0.288. The second kappa shape index (κ2) is 4.50. The number of hydrazine groups is 1. The molecule has 0 bridgehead atoms. The summed E-state index contributed by atoms with van der Waals surface area (Å²) in [6.07, 6.45) is 0. The van der Waals surface area contributed by atoms with Crippen LogP contribution in [0, 0.1) is 3.57 Å². The third kappa shape index (κ3) is 2.10. The van der Waals surface area contributed by atoms with Crippen LogP contribution < -0.4 is 11.3 Å². The molecule has 1 aromatic heterocycles. The fourth-order valence-electron chi connectivity index (χ4n) is 1.49. The van der Waals surface area contributed by atoms with Crippen molar-refractivity contribution < 1.29 is 0 Å². The molecule has 0 saturated carbocycles. The fraction of sp³-hybridized carbons (Fsp3) is 0.273. The molecule has 2 aromatic rings. The SMILES string of the molecule is CC(C)c1nc(NN)c2cc(I)ccc2n1. The van der Waals surface area contributed by atoms with Crippen LogP contribution >= 0.6 is 22.6 Å². The Morgan fingerprint density at radius 1 is 1.31 bits per heavy atom. The van der Waals surface area contributed by atoms with E-state index >= 15 is 0 Å². The predicted molar refractivity (Wildman–Crippen MR) is 74.2 cm³/mol. The molecule has 0 atom stereocenters. The Balaban J connectivity index is 2.73. The number of halogens is 1. The van der Waals surface area contributed by atoms with Gasteiger partial charge >= 0.3 is 0 Å². The number of nitrogens with one attached hydrogen (secondary N) is 1. The third-order valence-electron chi connectivity index (χ3n) is 2.33. The largest absolute Gasteiger partial charge is 0.308 e. The van der Waals surface area contributed by atoms with Gasteiger partial charge in [-0.2, -0.15) is 0 Å². The van der Waals surface area contributed by atoms with Gasteiger partial charge in [-0.05, 0) is 40.8 Å². The molecule has 0 radical (unpaired) electrons. The van der Waals surface area contributed by atoms with Crippen LogP contribution in [0.2, 0.25) is 0 Å². The summed E-state index contributed by atoms with van der Waals surface area (Å²) < 4.78 is 1.14. The molecule has 0 spiro atoms. The quantitative estimate of drug-likeness (QED) is 0.505. The summed E-state index contributed by atoms with van der Waals surface area (Å²) in [5.41, 5.74) is 3.56. The lowest BCUT2D eigenvalue weighted by atomic mass is 10.2. The van der Waals surface area contributed by atoms with E-state index in [9.17, 15) is 0 Å². The summed E-state index contributed by atoms with van der Waals surface area (Å²) in [6, 6.07) is 6.04. The van der Waals surface area contributed by atoms with Crippen molar-refractivity contribution in [3.8, 4) is 0 Å². The molecule has 4 nitrogen and oxygen atoms in total. The van der Waals surface area contributed by atoms with Crippen molar-refractivity contribution >= 4 is 39.3 Å². The molecule has 3 N–H and O–H groups in total. The zero-order chi connectivity index (χ0) is 11.7. The smallest absolute Gasteiger partial charge is 0.151 e. The Morgan fingerprint density at radius 2 is 2.06 bits per heavy atom. The number of hydrogen-bond acceptors (Lipinski definition) is 4. The van der Waals surface area contributed by atoms with Gasteiger partial charge in [0, 0.05) is 14.9 Å². The van der Waals surface area contributed by atoms with Crippen molar-refractivity contribution in [3.63, 3.8) is 0 Å². The number of anilines is 1. The predicted octanol–water partition coefficient (Wildman–Crippen LogP) is 2.64. The number of hydrogen-bond donors (Lipinski definition) is 2. The van der Waals surface area contributed by atoms with Gasteiger partial charge in [-0.1, -0.05) is 13.8 Å². The van der Waals surface area contributed by atoms with E-state index in [0.717, 1.165) is 20.3 Å². The van der Waals surface area contributed by atoms with Gasteiger partial charge < -0.3 is 5.43 Å². The van der Waals surface area contributed by atoms with Gasteiger partial charge in [0.15, 0.2) is 5.82 Å². The molecule has 0 saturated heterocycles. The van der Waals surface area contributed by atoms with E-state index in [1.54, 1.807) is 0 Å². The van der Waals surface area contributed by atoms with Crippen molar-refractivity contribution in [2.45, 2.75) is 19.8 Å². The minimum absolute atomic E-state index is 0.288. The van der Waals surface area contributed by atoms with Gasteiger partial charge in [0.05, 0.1) is 5.52 Å². The lowest BCUT2D eigenvalue weighted by Crippen LogP contribution is -2.11. The van der Waals surface area contributed by atoms with Crippen LogP contribution in [0.5, 0.6) is 0 Å². The summed E-state index contributed by atoms with van der Waals surface area (Å²) in [6.45, 7) is 4.13. The van der Waals surface area contributed by atoms with Crippen LogP contribution in [0.15, 0.2) is 18.2 Å². The maximum absolute atomic E-state index is 5.49. The summed E-state index contributed by atoms with van der Waals surface area (Å²) in [5.74, 6) is 7.27. The Hall–Kier alpha value is -0.950. The molecular formula is C11H13IN4. The van der Waals surface area contributed by atoms with E-state index in [2.05, 4.69) is 51.8 Å². The highest BCUT2D eigenvalue weighted by atomic mass is 127. The summed E-state index contributed by atoms with van der Waals surface area (Å²) in [5, 5.41) is 0.957. The van der Waals surface area contributed by atoms with E-state index in [4.69, 9.17) is 5.84 Å². The first-order valence-corrected chi connectivity index (χ1v) is 6.13. The van der Waals surface area contributed by atoms with Crippen LogP contribution in [0.4, 0.5) is 5.82 Å². The first-order valence-electron chi connectivity index (χ1n) is 5.05. The molecular weight excluding hydrogens is 315 g/mol. The Morgan fingerprint density at radius 3 is 2.69 bits per heavy atom. The maximum atomic E-state index is 5.49. The van der Waals surface area contributed by atoms with Crippen LogP contribution in [0.25, 0.3) is 10.9 Å². The second-order valence-electron chi connectivity index (χ2n) is 3.89. The lowest BCUT2D eigenvalue weighted by molar-refractivity contribution is 0.783. The number of benzene rings is 1. The number of aromatic nitrogens is 2. The van der Waals surface area contributed by atoms with Crippen LogP contribution in [-0.2, 0) is 0 Å². The van der Waals surface area contributed by atoms with E-state index in [0.29, 0.717) is 5.82 Å².